The third kappa shape index (κ3) is 3.14. The summed E-state index contributed by atoms with van der Waals surface area (Å²) < 4.78 is 41.7. The van der Waals surface area contributed by atoms with Gasteiger partial charge in [-0.15, -0.1) is 0 Å². The van der Waals surface area contributed by atoms with E-state index in [1.54, 1.807) is 0 Å². The lowest BCUT2D eigenvalue weighted by Gasteiger charge is -2.08. The molecule has 0 saturated heterocycles. The van der Waals surface area contributed by atoms with Gasteiger partial charge in [0.1, 0.15) is 4.90 Å². The third-order valence-electron chi connectivity index (χ3n) is 2.49. The van der Waals surface area contributed by atoms with Crippen LogP contribution >= 0.6 is 0 Å². The zero-order valence-electron chi connectivity index (χ0n) is 10.7. The number of aromatic nitrogens is 1. The average molecular weight is 312 g/mol. The van der Waals surface area contributed by atoms with E-state index in [2.05, 4.69) is 4.98 Å². The van der Waals surface area contributed by atoms with Crippen LogP contribution in [0.15, 0.2) is 41.4 Å². The minimum atomic E-state index is -3.83. The van der Waals surface area contributed by atoms with Crippen molar-refractivity contribution >= 4 is 15.5 Å². The molecule has 9 heteroatoms. The van der Waals surface area contributed by atoms with Crippen LogP contribution in [-0.2, 0) is 9.84 Å². The lowest BCUT2D eigenvalue weighted by Crippen LogP contribution is -2.04. The molecule has 2 aromatic rings. The van der Waals surface area contributed by atoms with Crippen molar-refractivity contribution in [1.29, 1.82) is 0 Å². The molecule has 0 fully saturated rings. The number of benzene rings is 1. The van der Waals surface area contributed by atoms with Gasteiger partial charge in [-0.1, -0.05) is 6.07 Å². The van der Waals surface area contributed by atoms with Gasteiger partial charge in [0.2, 0.25) is 5.75 Å². The van der Waals surface area contributed by atoms with Crippen LogP contribution in [-0.4, -0.2) is 24.6 Å². The van der Waals surface area contributed by atoms with Crippen molar-refractivity contribution in [3.05, 3.63) is 52.6 Å². The molecule has 1 heterocycles. The van der Waals surface area contributed by atoms with E-state index in [1.807, 2.05) is 0 Å². The van der Waals surface area contributed by atoms with Gasteiger partial charge in [-0.2, -0.15) is 4.39 Å². The van der Waals surface area contributed by atoms with Gasteiger partial charge in [0.25, 0.3) is 5.95 Å². The highest BCUT2D eigenvalue weighted by molar-refractivity contribution is 7.90. The number of halogens is 1. The van der Waals surface area contributed by atoms with Crippen molar-refractivity contribution in [2.45, 2.75) is 4.90 Å². The fourth-order valence-electron chi connectivity index (χ4n) is 1.63. The molecule has 0 aliphatic heterocycles. The van der Waals surface area contributed by atoms with Gasteiger partial charge in [0.05, 0.1) is 4.92 Å². The van der Waals surface area contributed by atoms with Gasteiger partial charge < -0.3 is 4.74 Å². The van der Waals surface area contributed by atoms with Crippen LogP contribution in [0.2, 0.25) is 0 Å². The molecule has 0 radical (unpaired) electrons. The number of pyridine rings is 1. The summed E-state index contributed by atoms with van der Waals surface area (Å²) in [7, 11) is -3.83. The standard InChI is InChI=1S/C12H9FN2O5S/c1-21(18,19)10-6-2-4-8(11(10)15(16)17)20-9-5-3-7-14-12(9)13/h2-7H,1H3. The Kier molecular flexibility index (Phi) is 3.85. The van der Waals surface area contributed by atoms with Gasteiger partial charge in [0.15, 0.2) is 15.6 Å². The third-order valence-corrected chi connectivity index (χ3v) is 3.62. The number of nitro groups is 1. The zero-order valence-corrected chi connectivity index (χ0v) is 11.5. The van der Waals surface area contributed by atoms with Crippen molar-refractivity contribution in [3.63, 3.8) is 0 Å². The average Bonchev–Trinajstić information content (AvgIpc) is 2.40. The summed E-state index contributed by atoms with van der Waals surface area (Å²) in [6.07, 6.45) is 2.02. The van der Waals surface area contributed by atoms with Crippen molar-refractivity contribution in [1.82, 2.24) is 4.98 Å². The summed E-state index contributed by atoms with van der Waals surface area (Å²) in [6.45, 7) is 0. The van der Waals surface area contributed by atoms with Gasteiger partial charge in [-0.3, -0.25) is 10.1 Å². The van der Waals surface area contributed by atoms with Gasteiger partial charge >= 0.3 is 5.69 Å². The molecule has 0 aliphatic rings. The normalized spacial score (nSPS) is 11.1. The number of sulfone groups is 1. The molecule has 0 saturated carbocycles. The van der Waals surface area contributed by atoms with Crippen molar-refractivity contribution in [2.75, 3.05) is 6.26 Å². The van der Waals surface area contributed by atoms with E-state index in [-0.39, 0.29) is 11.5 Å². The number of nitrogens with zero attached hydrogens (tertiary/aromatic N) is 2. The Morgan fingerprint density at radius 1 is 1.24 bits per heavy atom. The van der Waals surface area contributed by atoms with E-state index < -0.39 is 31.3 Å². The highest BCUT2D eigenvalue weighted by Gasteiger charge is 2.28. The zero-order chi connectivity index (χ0) is 15.6. The fraction of sp³-hybridized carbons (Fsp3) is 0.0833. The van der Waals surface area contributed by atoms with Crippen LogP contribution in [0, 0.1) is 16.1 Å². The highest BCUT2D eigenvalue weighted by atomic mass is 32.2. The second-order valence-electron chi connectivity index (χ2n) is 4.03. The van der Waals surface area contributed by atoms with Crippen molar-refractivity contribution < 1.29 is 22.5 Å². The molecule has 2 rings (SSSR count). The van der Waals surface area contributed by atoms with Crippen LogP contribution in [0.3, 0.4) is 0 Å². The number of ether oxygens (including phenoxy) is 1. The summed E-state index contributed by atoms with van der Waals surface area (Å²) in [5.74, 6) is -1.68. The maximum atomic E-state index is 13.4. The Morgan fingerprint density at radius 3 is 2.48 bits per heavy atom. The second kappa shape index (κ2) is 5.44. The van der Waals surface area contributed by atoms with Gasteiger partial charge in [0, 0.05) is 12.5 Å². The SMILES string of the molecule is CS(=O)(=O)c1cccc(Oc2cccnc2F)c1[N+](=O)[O-]. The molecule has 0 amide bonds. The molecule has 1 aromatic carbocycles. The Morgan fingerprint density at radius 2 is 1.90 bits per heavy atom. The summed E-state index contributed by atoms with van der Waals surface area (Å²) >= 11 is 0. The number of hydrogen-bond donors (Lipinski definition) is 0. The number of para-hydroxylation sites is 1. The lowest BCUT2D eigenvalue weighted by atomic mass is 10.3. The molecule has 110 valence electrons. The molecule has 0 N–H and O–H groups in total. The summed E-state index contributed by atoms with van der Waals surface area (Å²) in [6, 6.07) is 6.13. The Balaban J connectivity index is 2.60. The fourth-order valence-corrected chi connectivity index (χ4v) is 2.48. The first-order chi connectivity index (χ1) is 9.80. The van der Waals surface area contributed by atoms with Crippen LogP contribution < -0.4 is 4.74 Å². The van der Waals surface area contributed by atoms with Gasteiger partial charge in [-0.05, 0) is 24.3 Å². The molecule has 0 bridgehead atoms. The first-order valence-electron chi connectivity index (χ1n) is 5.56. The Labute approximate surface area is 119 Å². The quantitative estimate of drug-likeness (QED) is 0.488. The largest absolute Gasteiger partial charge is 0.445 e. The number of nitro benzene ring substituents is 1. The van der Waals surface area contributed by atoms with E-state index in [9.17, 15) is 22.9 Å². The van der Waals surface area contributed by atoms with Crippen LogP contribution in [0.5, 0.6) is 11.5 Å². The van der Waals surface area contributed by atoms with E-state index in [0.717, 1.165) is 12.3 Å². The van der Waals surface area contributed by atoms with E-state index >= 15 is 0 Å². The summed E-state index contributed by atoms with van der Waals surface area (Å²) in [5, 5.41) is 11.1. The highest BCUT2D eigenvalue weighted by Crippen LogP contribution is 2.36. The maximum Gasteiger partial charge on any atom is 0.330 e. The smallest absolute Gasteiger partial charge is 0.330 e. The molecule has 0 aliphatic carbocycles. The second-order valence-corrected chi connectivity index (χ2v) is 6.01. The molecule has 7 nitrogen and oxygen atoms in total. The molecule has 0 unspecified atom stereocenters. The minimum absolute atomic E-state index is 0.341. The monoisotopic (exact) mass is 312 g/mol. The molecule has 21 heavy (non-hydrogen) atoms. The van der Waals surface area contributed by atoms with Crippen molar-refractivity contribution in [2.24, 2.45) is 0 Å². The van der Waals surface area contributed by atoms with Crippen LogP contribution in [0.1, 0.15) is 0 Å². The molecular weight excluding hydrogens is 303 g/mol. The van der Waals surface area contributed by atoms with Crippen LogP contribution in [0.4, 0.5) is 10.1 Å². The topological polar surface area (TPSA) is 99.4 Å². The molecule has 0 atom stereocenters. The first kappa shape index (κ1) is 14.9. The molecular formula is C12H9FN2O5S. The van der Waals surface area contributed by atoms with Crippen molar-refractivity contribution in [3.8, 4) is 11.5 Å². The summed E-state index contributed by atoms with van der Waals surface area (Å²) in [5.41, 5.74) is -0.747. The predicted octanol–water partition coefficient (Wildman–Crippen LogP) is 2.32. The van der Waals surface area contributed by atoms with E-state index in [0.29, 0.717) is 0 Å². The van der Waals surface area contributed by atoms with E-state index in [1.165, 1.54) is 30.5 Å². The van der Waals surface area contributed by atoms with Gasteiger partial charge in [-0.25, -0.2) is 13.4 Å². The Hall–Kier alpha value is -2.55. The number of hydrogen-bond acceptors (Lipinski definition) is 6. The van der Waals surface area contributed by atoms with Crippen LogP contribution in [0.25, 0.3) is 0 Å². The molecule has 0 spiro atoms. The van der Waals surface area contributed by atoms with E-state index in [4.69, 9.17) is 4.74 Å². The minimum Gasteiger partial charge on any atom is -0.445 e. The lowest BCUT2D eigenvalue weighted by molar-refractivity contribution is -0.388. The molecule has 1 aromatic heterocycles. The summed E-state index contributed by atoms with van der Waals surface area (Å²) in [4.78, 5) is 13.1. The number of rotatable bonds is 4. The Bertz CT molecular complexity index is 807. The predicted molar refractivity (Wildman–Crippen MR) is 70.5 cm³/mol. The first-order valence-corrected chi connectivity index (χ1v) is 7.45. The maximum absolute atomic E-state index is 13.4.